The second-order valence-electron chi connectivity index (χ2n) is 2.80. The molecule has 1 heterocycles. The fraction of sp³-hybridized carbons (Fsp3) is 0.667. The molecule has 8 nitrogen and oxygen atoms in total. The lowest BCUT2D eigenvalue weighted by molar-refractivity contribution is -0.260. The van der Waals surface area contributed by atoms with Gasteiger partial charge >= 0.3 is 11.9 Å². The number of carboxylic acids is 1. The number of rotatable bonds is 2. The highest BCUT2D eigenvalue weighted by Crippen LogP contribution is 2.28. The molecule has 0 radical (unpaired) electrons. The zero-order valence-electron chi connectivity index (χ0n) is 6.69. The van der Waals surface area contributed by atoms with Crippen LogP contribution in [0.1, 0.15) is 0 Å². The summed E-state index contributed by atoms with van der Waals surface area (Å²) in [5.74, 6) is -6.31. The first-order valence-electron chi connectivity index (χ1n) is 3.53. The lowest BCUT2D eigenvalue weighted by Gasteiger charge is -2.26. The van der Waals surface area contributed by atoms with E-state index >= 15 is 0 Å². The van der Waals surface area contributed by atoms with Crippen LogP contribution in [0.15, 0.2) is 0 Å². The van der Waals surface area contributed by atoms with Crippen molar-refractivity contribution in [3.63, 3.8) is 0 Å². The van der Waals surface area contributed by atoms with Gasteiger partial charge in [-0.1, -0.05) is 0 Å². The summed E-state index contributed by atoms with van der Waals surface area (Å²) in [7, 11) is 0. The monoisotopic (exact) mass is 208 g/mol. The highest BCUT2D eigenvalue weighted by atomic mass is 16.7. The van der Waals surface area contributed by atoms with E-state index in [9.17, 15) is 14.7 Å². The Hall–Kier alpha value is -1.22. The lowest BCUT2D eigenvalue weighted by atomic mass is 10.0. The fourth-order valence-corrected chi connectivity index (χ4v) is 1.03. The normalized spacial score (nSPS) is 39.3. The third-order valence-electron chi connectivity index (χ3n) is 1.85. The van der Waals surface area contributed by atoms with E-state index < -0.39 is 36.0 Å². The molecule has 1 rings (SSSR count). The van der Waals surface area contributed by atoms with E-state index in [1.54, 1.807) is 0 Å². The average molecular weight is 208 g/mol. The van der Waals surface area contributed by atoms with E-state index in [0.717, 1.165) is 0 Å². The number of carboxylic acid groups (broad SMARTS) is 1. The van der Waals surface area contributed by atoms with Crippen molar-refractivity contribution >= 4 is 11.9 Å². The van der Waals surface area contributed by atoms with Crippen LogP contribution in [0.3, 0.4) is 0 Å². The molecular formula is C6H8O8. The van der Waals surface area contributed by atoms with E-state index in [1.165, 1.54) is 0 Å². The Balaban J connectivity index is 2.96. The van der Waals surface area contributed by atoms with Gasteiger partial charge < -0.3 is 30.3 Å². The van der Waals surface area contributed by atoms with Gasteiger partial charge in [-0.25, -0.2) is 9.59 Å². The third kappa shape index (κ3) is 1.34. The van der Waals surface area contributed by atoms with Gasteiger partial charge in [0.15, 0.2) is 12.2 Å². The third-order valence-corrected chi connectivity index (χ3v) is 1.85. The number of carbonyl (C=O) groups excluding carboxylic acids is 1. The standard InChI is InChI=1S/C6H8O8/c7-1-2(8)6(13,14-5(1)12)3(9)4(10)11/h1-3,7-9,13H,(H,10,11)/t1-,2-,3+,6+/m1/s1. The SMILES string of the molecule is O=C1O[C@](O)([C@@H](O)C(=O)O)[C@H](O)[C@H]1O. The molecule has 5 N–H and O–H groups in total. The number of aliphatic hydroxyl groups is 4. The Kier molecular flexibility index (Phi) is 2.46. The first-order valence-corrected chi connectivity index (χ1v) is 3.53. The van der Waals surface area contributed by atoms with Crippen LogP contribution in [0, 0.1) is 0 Å². The van der Waals surface area contributed by atoms with Gasteiger partial charge in [0.2, 0.25) is 6.10 Å². The number of hydrogen-bond donors (Lipinski definition) is 5. The maximum absolute atomic E-state index is 10.6. The molecule has 80 valence electrons. The van der Waals surface area contributed by atoms with Crippen molar-refractivity contribution in [1.29, 1.82) is 0 Å². The minimum atomic E-state index is -3.01. The summed E-state index contributed by atoms with van der Waals surface area (Å²) >= 11 is 0. The molecular weight excluding hydrogens is 200 g/mol. The minimum Gasteiger partial charge on any atom is -0.479 e. The maximum atomic E-state index is 10.6. The molecule has 0 amide bonds. The van der Waals surface area contributed by atoms with E-state index in [4.69, 9.17) is 20.4 Å². The summed E-state index contributed by atoms with van der Waals surface area (Å²) in [6, 6.07) is 0. The highest BCUT2D eigenvalue weighted by molar-refractivity contribution is 5.81. The number of cyclic esters (lactones) is 1. The van der Waals surface area contributed by atoms with Gasteiger partial charge in [-0.3, -0.25) is 0 Å². The van der Waals surface area contributed by atoms with Gasteiger partial charge in [-0.15, -0.1) is 0 Å². The number of ether oxygens (including phenoxy) is 1. The molecule has 0 aliphatic carbocycles. The number of hydrogen-bond acceptors (Lipinski definition) is 7. The predicted molar refractivity (Wildman–Crippen MR) is 36.7 cm³/mol. The second kappa shape index (κ2) is 3.17. The quantitative estimate of drug-likeness (QED) is 0.293. The lowest BCUT2D eigenvalue weighted by Crippen LogP contribution is -2.55. The number of aliphatic carboxylic acids is 1. The Morgan fingerprint density at radius 2 is 2.00 bits per heavy atom. The number of esters is 1. The molecule has 0 aromatic rings. The molecule has 0 aromatic carbocycles. The van der Waals surface area contributed by atoms with Gasteiger partial charge in [-0.05, 0) is 0 Å². The molecule has 1 aliphatic rings. The maximum Gasteiger partial charge on any atom is 0.340 e. The number of carbonyl (C=O) groups is 2. The summed E-state index contributed by atoms with van der Waals surface area (Å²) in [6.45, 7) is 0. The molecule has 1 saturated heterocycles. The van der Waals surface area contributed by atoms with Crippen LogP contribution in [0.2, 0.25) is 0 Å². The molecule has 0 aromatic heterocycles. The van der Waals surface area contributed by atoms with Crippen molar-refractivity contribution in [3.8, 4) is 0 Å². The van der Waals surface area contributed by atoms with Crippen molar-refractivity contribution < 1.29 is 39.9 Å². The largest absolute Gasteiger partial charge is 0.479 e. The molecule has 0 spiro atoms. The van der Waals surface area contributed by atoms with Crippen molar-refractivity contribution in [2.45, 2.75) is 24.1 Å². The van der Waals surface area contributed by atoms with Crippen LogP contribution >= 0.6 is 0 Å². The summed E-state index contributed by atoms with van der Waals surface area (Å²) in [5, 5.41) is 44.3. The van der Waals surface area contributed by atoms with Gasteiger partial charge in [-0.2, -0.15) is 0 Å². The van der Waals surface area contributed by atoms with Crippen LogP contribution in [0.5, 0.6) is 0 Å². The molecule has 8 heteroatoms. The summed E-state index contributed by atoms with van der Waals surface area (Å²) in [5.41, 5.74) is 0. The molecule has 0 unspecified atom stereocenters. The van der Waals surface area contributed by atoms with Crippen LogP contribution in [-0.4, -0.2) is 61.6 Å². The molecule has 0 saturated carbocycles. The summed E-state index contributed by atoms with van der Waals surface area (Å²) < 4.78 is 3.98. The Morgan fingerprint density at radius 1 is 1.50 bits per heavy atom. The highest BCUT2D eigenvalue weighted by Gasteiger charge is 2.60. The van der Waals surface area contributed by atoms with E-state index in [-0.39, 0.29) is 0 Å². The van der Waals surface area contributed by atoms with Crippen LogP contribution < -0.4 is 0 Å². The van der Waals surface area contributed by atoms with Gasteiger partial charge in [0.25, 0.3) is 5.79 Å². The average Bonchev–Trinajstić information content (AvgIpc) is 2.30. The molecule has 1 aliphatic heterocycles. The first kappa shape index (κ1) is 10.9. The van der Waals surface area contributed by atoms with E-state index in [2.05, 4.69) is 4.74 Å². The Labute approximate surface area is 77.0 Å². The number of aliphatic hydroxyl groups excluding tert-OH is 3. The fourth-order valence-electron chi connectivity index (χ4n) is 1.03. The summed E-state index contributed by atoms with van der Waals surface area (Å²) in [6.07, 6.45) is -6.81. The van der Waals surface area contributed by atoms with Crippen molar-refractivity contribution in [2.24, 2.45) is 0 Å². The molecule has 14 heavy (non-hydrogen) atoms. The van der Waals surface area contributed by atoms with Crippen molar-refractivity contribution in [2.75, 3.05) is 0 Å². The van der Waals surface area contributed by atoms with Crippen molar-refractivity contribution in [1.82, 2.24) is 0 Å². The predicted octanol–water partition coefficient (Wildman–Crippen LogP) is -3.60. The smallest absolute Gasteiger partial charge is 0.340 e. The second-order valence-corrected chi connectivity index (χ2v) is 2.80. The minimum absolute atomic E-state index is 1.40. The molecule has 4 atom stereocenters. The Bertz CT molecular complexity index is 275. The zero-order chi connectivity index (χ0) is 11.1. The van der Waals surface area contributed by atoms with E-state index in [1.807, 2.05) is 0 Å². The topological polar surface area (TPSA) is 145 Å². The molecule has 0 bridgehead atoms. The van der Waals surface area contributed by atoms with Gasteiger partial charge in [0.05, 0.1) is 0 Å². The van der Waals surface area contributed by atoms with Gasteiger partial charge in [0.1, 0.15) is 0 Å². The summed E-state index contributed by atoms with van der Waals surface area (Å²) in [4.78, 5) is 20.9. The van der Waals surface area contributed by atoms with Crippen LogP contribution in [0.25, 0.3) is 0 Å². The molecule has 1 fully saturated rings. The van der Waals surface area contributed by atoms with E-state index in [0.29, 0.717) is 0 Å². The Morgan fingerprint density at radius 3 is 2.29 bits per heavy atom. The van der Waals surface area contributed by atoms with Gasteiger partial charge in [0, 0.05) is 0 Å². The zero-order valence-corrected chi connectivity index (χ0v) is 6.69. The van der Waals surface area contributed by atoms with Crippen LogP contribution in [0.4, 0.5) is 0 Å². The first-order chi connectivity index (χ1) is 6.30. The van der Waals surface area contributed by atoms with Crippen molar-refractivity contribution in [3.05, 3.63) is 0 Å². The van der Waals surface area contributed by atoms with Crippen LogP contribution in [-0.2, 0) is 14.3 Å².